The molecule has 1 aromatic rings. The number of pyridine rings is 1. The number of anilines is 1. The molecule has 0 bridgehead atoms. The Labute approximate surface area is 177 Å². The van der Waals surface area contributed by atoms with Gasteiger partial charge in [-0.15, -0.1) is 24.0 Å². The number of rotatable bonds is 8. The zero-order valence-electron chi connectivity index (χ0n) is 15.6. The zero-order valence-corrected chi connectivity index (χ0v) is 18.8. The molecule has 1 unspecified atom stereocenters. The van der Waals surface area contributed by atoms with Crippen molar-refractivity contribution in [1.29, 1.82) is 0 Å². The standard InChI is InChI=1S/C16H27FN6O2S.HI/c1-3-18-16(20-9-5-10-21-26(2,24)25)22-13-7-11-23(12-13)15-14(17)6-4-8-19-15;/h4,6,8,13,21H,3,5,7,9-12H2,1-2H3,(H2,18,20,22);1H. The van der Waals surface area contributed by atoms with E-state index in [0.29, 0.717) is 37.8 Å². The van der Waals surface area contributed by atoms with Crippen molar-refractivity contribution in [3.63, 3.8) is 0 Å². The Morgan fingerprint density at radius 3 is 2.93 bits per heavy atom. The number of hydrogen-bond donors (Lipinski definition) is 3. The Balaban J connectivity index is 0.00000364. The number of halogens is 2. The van der Waals surface area contributed by atoms with Gasteiger partial charge in [0.15, 0.2) is 17.6 Å². The Morgan fingerprint density at radius 1 is 1.48 bits per heavy atom. The van der Waals surface area contributed by atoms with Crippen LogP contribution in [0, 0.1) is 5.82 Å². The van der Waals surface area contributed by atoms with Crippen molar-refractivity contribution in [3.8, 4) is 0 Å². The molecule has 1 aliphatic rings. The summed E-state index contributed by atoms with van der Waals surface area (Å²) in [6.07, 6.45) is 4.20. The summed E-state index contributed by atoms with van der Waals surface area (Å²) in [7, 11) is -3.16. The summed E-state index contributed by atoms with van der Waals surface area (Å²) < 4.78 is 38.4. The molecule has 27 heavy (non-hydrogen) atoms. The van der Waals surface area contributed by atoms with Crippen LogP contribution in [0.2, 0.25) is 0 Å². The van der Waals surface area contributed by atoms with Crippen LogP contribution >= 0.6 is 24.0 Å². The van der Waals surface area contributed by atoms with E-state index in [1.54, 1.807) is 12.3 Å². The summed E-state index contributed by atoms with van der Waals surface area (Å²) in [5.41, 5.74) is 0. The van der Waals surface area contributed by atoms with Crippen LogP contribution < -0.4 is 20.3 Å². The molecule has 11 heteroatoms. The predicted molar refractivity (Wildman–Crippen MR) is 117 cm³/mol. The van der Waals surface area contributed by atoms with E-state index in [1.165, 1.54) is 6.07 Å². The van der Waals surface area contributed by atoms with Gasteiger partial charge in [0.2, 0.25) is 10.0 Å². The van der Waals surface area contributed by atoms with Gasteiger partial charge >= 0.3 is 0 Å². The molecule has 2 heterocycles. The van der Waals surface area contributed by atoms with Crippen LogP contribution in [0.4, 0.5) is 10.2 Å². The highest BCUT2D eigenvalue weighted by molar-refractivity contribution is 14.0. The average Bonchev–Trinajstić information content (AvgIpc) is 3.02. The summed E-state index contributed by atoms with van der Waals surface area (Å²) in [5, 5.41) is 6.53. The van der Waals surface area contributed by atoms with Crippen LogP contribution in [0.15, 0.2) is 23.3 Å². The van der Waals surface area contributed by atoms with Gasteiger partial charge < -0.3 is 15.5 Å². The van der Waals surface area contributed by atoms with Crippen molar-refractivity contribution in [3.05, 3.63) is 24.1 Å². The molecular formula is C16H28FIN6O2S. The minimum Gasteiger partial charge on any atom is -0.357 e. The predicted octanol–water partition coefficient (Wildman–Crippen LogP) is 0.912. The number of aromatic nitrogens is 1. The maximum atomic E-state index is 13.9. The summed E-state index contributed by atoms with van der Waals surface area (Å²) in [6, 6.07) is 3.14. The van der Waals surface area contributed by atoms with Gasteiger partial charge in [-0.1, -0.05) is 0 Å². The second-order valence-electron chi connectivity index (χ2n) is 6.17. The van der Waals surface area contributed by atoms with Gasteiger partial charge in [-0.2, -0.15) is 0 Å². The Kier molecular flexibility index (Phi) is 10.2. The maximum absolute atomic E-state index is 13.9. The molecule has 0 saturated carbocycles. The minimum atomic E-state index is -3.16. The highest BCUT2D eigenvalue weighted by Gasteiger charge is 2.25. The van der Waals surface area contributed by atoms with Gasteiger partial charge in [0.25, 0.3) is 0 Å². The van der Waals surface area contributed by atoms with E-state index in [1.807, 2.05) is 11.8 Å². The van der Waals surface area contributed by atoms with Crippen molar-refractivity contribution in [2.75, 3.05) is 43.9 Å². The van der Waals surface area contributed by atoms with E-state index in [4.69, 9.17) is 0 Å². The fraction of sp³-hybridized carbons (Fsp3) is 0.625. The Morgan fingerprint density at radius 2 is 2.26 bits per heavy atom. The summed E-state index contributed by atoms with van der Waals surface area (Å²) >= 11 is 0. The number of aliphatic imine (C=N–C) groups is 1. The highest BCUT2D eigenvalue weighted by atomic mass is 127. The number of guanidine groups is 1. The Bertz CT molecular complexity index is 719. The topological polar surface area (TPSA) is 98.7 Å². The average molecular weight is 514 g/mol. The van der Waals surface area contributed by atoms with Crippen LogP contribution in [-0.2, 0) is 10.0 Å². The lowest BCUT2D eigenvalue weighted by Crippen LogP contribution is -2.44. The molecule has 0 aliphatic carbocycles. The van der Waals surface area contributed by atoms with E-state index in [0.717, 1.165) is 25.8 Å². The minimum absolute atomic E-state index is 0. The van der Waals surface area contributed by atoms with Crippen LogP contribution in [0.25, 0.3) is 0 Å². The smallest absolute Gasteiger partial charge is 0.208 e. The molecule has 1 saturated heterocycles. The third-order valence-electron chi connectivity index (χ3n) is 3.88. The largest absolute Gasteiger partial charge is 0.357 e. The number of sulfonamides is 1. The summed E-state index contributed by atoms with van der Waals surface area (Å²) in [6.45, 7) is 4.93. The molecule has 8 nitrogen and oxygen atoms in total. The van der Waals surface area contributed by atoms with Crippen LogP contribution in [0.3, 0.4) is 0 Å². The first-order valence-corrected chi connectivity index (χ1v) is 10.6. The monoisotopic (exact) mass is 514 g/mol. The van der Waals surface area contributed by atoms with Gasteiger partial charge in [-0.3, -0.25) is 4.99 Å². The number of hydrogen-bond acceptors (Lipinski definition) is 5. The lowest BCUT2D eigenvalue weighted by molar-refractivity contribution is 0.585. The normalized spacial score (nSPS) is 17.5. The molecule has 2 rings (SSSR count). The SMILES string of the molecule is CCNC(=NCCCNS(C)(=O)=O)NC1CCN(c2ncccc2F)C1.I. The zero-order chi connectivity index (χ0) is 19.0. The van der Waals surface area contributed by atoms with Gasteiger partial charge in [0.1, 0.15) is 0 Å². The van der Waals surface area contributed by atoms with E-state index >= 15 is 0 Å². The van der Waals surface area contributed by atoms with E-state index in [9.17, 15) is 12.8 Å². The first kappa shape index (κ1) is 23.8. The van der Waals surface area contributed by atoms with Crippen LogP contribution in [0.1, 0.15) is 19.8 Å². The van der Waals surface area contributed by atoms with Crippen molar-refractivity contribution in [1.82, 2.24) is 20.3 Å². The number of nitrogens with zero attached hydrogens (tertiary/aromatic N) is 3. The molecule has 1 atom stereocenters. The lowest BCUT2D eigenvalue weighted by Gasteiger charge is -2.19. The van der Waals surface area contributed by atoms with Crippen LogP contribution in [0.5, 0.6) is 0 Å². The first-order valence-electron chi connectivity index (χ1n) is 8.74. The fourth-order valence-electron chi connectivity index (χ4n) is 2.72. The fourth-order valence-corrected chi connectivity index (χ4v) is 3.24. The van der Waals surface area contributed by atoms with Crippen LogP contribution in [-0.4, -0.2) is 64.4 Å². The van der Waals surface area contributed by atoms with Crippen molar-refractivity contribution in [2.24, 2.45) is 4.99 Å². The molecule has 0 radical (unpaired) electrons. The molecule has 1 aliphatic heterocycles. The van der Waals surface area contributed by atoms with Crippen molar-refractivity contribution in [2.45, 2.75) is 25.8 Å². The molecule has 0 spiro atoms. The molecule has 1 aromatic heterocycles. The van der Waals surface area contributed by atoms with Crippen molar-refractivity contribution >= 4 is 45.8 Å². The number of nitrogens with one attached hydrogen (secondary N) is 3. The highest BCUT2D eigenvalue weighted by Crippen LogP contribution is 2.20. The first-order chi connectivity index (χ1) is 12.4. The van der Waals surface area contributed by atoms with Gasteiger partial charge in [0, 0.05) is 45.0 Å². The molecular weight excluding hydrogens is 486 g/mol. The third-order valence-corrected chi connectivity index (χ3v) is 4.61. The van der Waals surface area contributed by atoms with Gasteiger partial charge in [0.05, 0.1) is 6.26 Å². The van der Waals surface area contributed by atoms with E-state index in [-0.39, 0.29) is 35.8 Å². The summed E-state index contributed by atoms with van der Waals surface area (Å²) in [4.78, 5) is 10.5. The molecule has 0 amide bonds. The maximum Gasteiger partial charge on any atom is 0.208 e. The summed E-state index contributed by atoms with van der Waals surface area (Å²) in [5.74, 6) is 0.748. The molecule has 154 valence electrons. The third kappa shape index (κ3) is 8.56. The van der Waals surface area contributed by atoms with E-state index in [2.05, 4.69) is 25.3 Å². The van der Waals surface area contributed by atoms with Crippen molar-refractivity contribution < 1.29 is 12.8 Å². The molecule has 1 fully saturated rings. The van der Waals surface area contributed by atoms with Gasteiger partial charge in [-0.05, 0) is 31.9 Å². The van der Waals surface area contributed by atoms with Gasteiger partial charge in [-0.25, -0.2) is 22.5 Å². The second-order valence-corrected chi connectivity index (χ2v) is 8.00. The molecule has 0 aromatic carbocycles. The lowest BCUT2D eigenvalue weighted by atomic mass is 10.3. The Hall–Kier alpha value is -1.21. The quantitative estimate of drug-likeness (QED) is 0.207. The second kappa shape index (κ2) is 11.6. The van der Waals surface area contributed by atoms with E-state index < -0.39 is 10.0 Å². The molecule has 3 N–H and O–H groups in total.